The molecule has 1 heterocycles. The van der Waals surface area contributed by atoms with E-state index < -0.39 is 6.55 Å². The predicted octanol–water partition coefficient (Wildman–Crippen LogP) is 5.60. The first-order valence-electron chi connectivity index (χ1n) is 9.93. The van der Waals surface area contributed by atoms with Crippen LogP contribution in [-0.2, 0) is 16.1 Å². The quantitative estimate of drug-likeness (QED) is 0.438. The third-order valence-corrected chi connectivity index (χ3v) is 7.78. The van der Waals surface area contributed by atoms with Crippen molar-refractivity contribution in [3.8, 4) is 0 Å². The van der Waals surface area contributed by atoms with Crippen LogP contribution in [0.4, 0.5) is 8.78 Å². The smallest absolute Gasteiger partial charge is 0.320 e. The molecule has 2 aromatic rings. The Morgan fingerprint density at radius 3 is 2.64 bits per heavy atom. The third kappa shape index (κ3) is 3.15. The van der Waals surface area contributed by atoms with Crippen molar-refractivity contribution in [1.82, 2.24) is 9.55 Å². The molecule has 28 heavy (non-hydrogen) atoms. The maximum Gasteiger partial charge on any atom is 0.320 e. The van der Waals surface area contributed by atoms with Gasteiger partial charge >= 0.3 is 12.5 Å². The lowest BCUT2D eigenvalue weighted by Crippen LogP contribution is -2.53. The molecule has 2 unspecified atom stereocenters. The number of nitrogens with zero attached hydrogens (tertiary/aromatic N) is 2. The minimum absolute atomic E-state index is 0.00746. The molecule has 1 aromatic heterocycles. The predicted molar refractivity (Wildman–Crippen MR) is 104 cm³/mol. The number of hydrogen-bond donors (Lipinski definition) is 0. The van der Waals surface area contributed by atoms with E-state index in [-0.39, 0.29) is 28.1 Å². The van der Waals surface area contributed by atoms with Crippen LogP contribution < -0.4 is 0 Å². The van der Waals surface area contributed by atoms with Gasteiger partial charge in [-0.05, 0) is 67.9 Å². The van der Waals surface area contributed by atoms with Gasteiger partial charge in [-0.2, -0.15) is 8.78 Å². The summed E-state index contributed by atoms with van der Waals surface area (Å²) >= 11 is 3.95. The van der Waals surface area contributed by atoms with Crippen LogP contribution in [0.25, 0.3) is 11.0 Å². The van der Waals surface area contributed by atoms with E-state index in [0.29, 0.717) is 29.3 Å². The van der Waals surface area contributed by atoms with Gasteiger partial charge in [0.1, 0.15) is 6.61 Å². The van der Waals surface area contributed by atoms with Gasteiger partial charge in [-0.3, -0.25) is 9.36 Å². The van der Waals surface area contributed by atoms with Gasteiger partial charge in [0.05, 0.1) is 17.5 Å². The zero-order valence-electron chi connectivity index (χ0n) is 15.5. The average Bonchev–Trinajstić information content (AvgIpc) is 2.96. The number of benzene rings is 1. The summed E-state index contributed by atoms with van der Waals surface area (Å²) < 4.78 is 33.5. The number of halogens is 3. The summed E-state index contributed by atoms with van der Waals surface area (Å²) in [7, 11) is 0. The topological polar surface area (TPSA) is 44.1 Å². The van der Waals surface area contributed by atoms with Crippen molar-refractivity contribution in [3.63, 3.8) is 0 Å². The summed E-state index contributed by atoms with van der Waals surface area (Å²) in [5.41, 5.74) is 0.843. The Hall–Kier alpha value is -1.50. The van der Waals surface area contributed by atoms with Gasteiger partial charge in [-0.1, -0.05) is 28.1 Å². The molecule has 0 saturated heterocycles. The molecule has 1 aromatic carbocycles. The van der Waals surface area contributed by atoms with Gasteiger partial charge in [0.25, 0.3) is 0 Å². The van der Waals surface area contributed by atoms with Gasteiger partial charge in [0, 0.05) is 4.32 Å². The zero-order chi connectivity index (χ0) is 19.5. The number of carbonyl (C=O) groups is 1. The van der Waals surface area contributed by atoms with Crippen molar-refractivity contribution >= 4 is 32.9 Å². The van der Waals surface area contributed by atoms with Crippen LogP contribution >= 0.6 is 15.9 Å². The Balaban J connectivity index is 1.30. The molecule has 4 fully saturated rings. The Labute approximate surface area is 170 Å². The first-order valence-corrected chi connectivity index (χ1v) is 10.7. The minimum Gasteiger partial charge on any atom is -0.457 e. The average molecular weight is 453 g/mol. The van der Waals surface area contributed by atoms with E-state index in [0.717, 1.165) is 23.8 Å². The number of alkyl halides is 3. The molecule has 4 aliphatic rings. The van der Waals surface area contributed by atoms with Crippen LogP contribution in [0, 0.1) is 17.3 Å². The van der Waals surface area contributed by atoms with Crippen LogP contribution in [0.2, 0.25) is 0 Å². The molecule has 2 atom stereocenters. The number of para-hydroxylation sites is 2. The normalized spacial score (nSPS) is 33.7. The van der Waals surface area contributed by atoms with E-state index in [1.54, 1.807) is 24.3 Å². The molecule has 4 nitrogen and oxygen atoms in total. The Morgan fingerprint density at radius 2 is 1.96 bits per heavy atom. The number of ether oxygens (including phenoxy) is 1. The summed E-state index contributed by atoms with van der Waals surface area (Å²) in [5, 5.41) is 0. The maximum absolute atomic E-state index is 13.5. The second kappa shape index (κ2) is 6.51. The van der Waals surface area contributed by atoms with Crippen molar-refractivity contribution in [3.05, 3.63) is 30.1 Å². The van der Waals surface area contributed by atoms with Crippen molar-refractivity contribution in [2.75, 3.05) is 0 Å². The summed E-state index contributed by atoms with van der Waals surface area (Å²) in [4.78, 5) is 16.9. The minimum atomic E-state index is -2.72. The lowest BCUT2D eigenvalue weighted by Gasteiger charge is -2.60. The van der Waals surface area contributed by atoms with Gasteiger partial charge < -0.3 is 4.74 Å². The number of aromatic nitrogens is 2. The molecular weight excluding hydrogens is 430 g/mol. The third-order valence-electron chi connectivity index (χ3n) is 6.86. The molecule has 4 saturated carbocycles. The van der Waals surface area contributed by atoms with Crippen LogP contribution in [0.3, 0.4) is 0 Å². The molecule has 7 heteroatoms. The SMILES string of the molecule is O=C(CC12CC3CC(CC(Br)(C3)C1)C2)OCc1nc2ccccc2n1C(F)F. The molecule has 0 spiro atoms. The van der Waals surface area contributed by atoms with Gasteiger partial charge in [-0.15, -0.1) is 0 Å². The number of rotatable bonds is 5. The van der Waals surface area contributed by atoms with Crippen LogP contribution in [0.15, 0.2) is 24.3 Å². The number of imidazole rings is 1. The highest BCUT2D eigenvalue weighted by Gasteiger charge is 2.57. The Morgan fingerprint density at radius 1 is 1.25 bits per heavy atom. The van der Waals surface area contributed by atoms with E-state index in [9.17, 15) is 13.6 Å². The summed E-state index contributed by atoms with van der Waals surface area (Å²) in [5.74, 6) is 1.17. The molecule has 0 aliphatic heterocycles. The zero-order valence-corrected chi connectivity index (χ0v) is 17.1. The molecule has 4 bridgehead atoms. The number of esters is 1. The van der Waals surface area contributed by atoms with E-state index in [1.807, 2.05) is 0 Å². The first-order chi connectivity index (χ1) is 13.3. The van der Waals surface area contributed by atoms with Gasteiger partial charge in [-0.25, -0.2) is 4.98 Å². The second-order valence-electron chi connectivity index (χ2n) is 9.11. The Bertz CT molecular complexity index is 914. The summed E-state index contributed by atoms with van der Waals surface area (Å²) in [6.45, 7) is -2.95. The maximum atomic E-state index is 13.5. The van der Waals surface area contributed by atoms with E-state index in [1.165, 1.54) is 19.3 Å². The van der Waals surface area contributed by atoms with Crippen molar-refractivity contribution in [1.29, 1.82) is 0 Å². The van der Waals surface area contributed by atoms with E-state index in [2.05, 4.69) is 20.9 Å². The van der Waals surface area contributed by atoms with Crippen molar-refractivity contribution in [2.24, 2.45) is 17.3 Å². The summed E-state index contributed by atoms with van der Waals surface area (Å²) in [6, 6.07) is 6.74. The molecule has 6 rings (SSSR count). The molecule has 0 amide bonds. The van der Waals surface area contributed by atoms with Crippen LogP contribution in [0.5, 0.6) is 0 Å². The molecule has 0 radical (unpaired) electrons. The number of carbonyl (C=O) groups excluding carboxylic acids is 1. The lowest BCUT2D eigenvalue weighted by atomic mass is 9.49. The first kappa shape index (κ1) is 18.5. The highest BCUT2D eigenvalue weighted by atomic mass is 79.9. The molecular formula is C21H23BrF2N2O2. The van der Waals surface area contributed by atoms with E-state index in [4.69, 9.17) is 4.74 Å². The second-order valence-corrected chi connectivity index (χ2v) is 10.8. The van der Waals surface area contributed by atoms with Gasteiger partial charge in [0.15, 0.2) is 5.82 Å². The molecule has 150 valence electrons. The number of fused-ring (bicyclic) bond motifs is 1. The fourth-order valence-electron chi connectivity index (χ4n) is 6.46. The molecule has 4 aliphatic carbocycles. The highest BCUT2D eigenvalue weighted by Crippen LogP contribution is 2.65. The lowest BCUT2D eigenvalue weighted by molar-refractivity contribution is -0.152. The number of hydrogen-bond acceptors (Lipinski definition) is 3. The van der Waals surface area contributed by atoms with Gasteiger partial charge in [0.2, 0.25) is 0 Å². The van der Waals surface area contributed by atoms with Crippen molar-refractivity contribution < 1.29 is 18.3 Å². The standard InChI is InChI=1S/C21H23BrF2N2O2/c22-21-8-13-5-14(9-21)7-20(6-13,12-21)10-18(27)28-11-17-25-15-3-1-2-4-16(15)26(17)19(23)24/h1-4,13-14,19H,5-12H2. The van der Waals surface area contributed by atoms with Crippen LogP contribution in [-0.4, -0.2) is 19.8 Å². The van der Waals surface area contributed by atoms with E-state index >= 15 is 0 Å². The highest BCUT2D eigenvalue weighted by molar-refractivity contribution is 9.10. The molecule has 0 N–H and O–H groups in total. The van der Waals surface area contributed by atoms with Crippen molar-refractivity contribution in [2.45, 2.75) is 62.4 Å². The Kier molecular flexibility index (Phi) is 4.30. The van der Waals surface area contributed by atoms with Crippen LogP contribution in [0.1, 0.15) is 57.3 Å². The fraction of sp³-hybridized carbons (Fsp3) is 0.619. The monoisotopic (exact) mass is 452 g/mol. The summed E-state index contributed by atoms with van der Waals surface area (Å²) in [6.07, 6.45) is 7.25. The fourth-order valence-corrected chi connectivity index (χ4v) is 7.97. The largest absolute Gasteiger partial charge is 0.457 e.